The lowest BCUT2D eigenvalue weighted by Gasteiger charge is -2.21. The molecule has 21 heavy (non-hydrogen) atoms. The number of carbonyl (C=O) groups excluding carboxylic acids is 3. The molecule has 0 unspecified atom stereocenters. The van der Waals surface area contributed by atoms with Gasteiger partial charge in [-0.05, 0) is 30.2 Å². The van der Waals surface area contributed by atoms with Crippen LogP contribution in [0.25, 0.3) is 0 Å². The molecule has 0 bridgehead atoms. The highest BCUT2D eigenvalue weighted by Gasteiger charge is 2.24. The normalized spacial score (nSPS) is 13.1. The number of rotatable bonds is 6. The van der Waals surface area contributed by atoms with E-state index in [1.54, 1.807) is 0 Å². The summed E-state index contributed by atoms with van der Waals surface area (Å²) in [7, 11) is 0. The number of carbonyl (C=O) groups is 3. The number of hydrogen-bond donors (Lipinski definition) is 2. The fraction of sp³-hybridized carbons (Fsp3) is 0.400. The Kier molecular flexibility index (Phi) is 5.90. The van der Waals surface area contributed by atoms with Gasteiger partial charge in [0.05, 0.1) is 0 Å². The maximum atomic E-state index is 12.1. The zero-order chi connectivity index (χ0) is 16.0. The van der Waals surface area contributed by atoms with Gasteiger partial charge in [0.2, 0.25) is 5.91 Å². The summed E-state index contributed by atoms with van der Waals surface area (Å²) in [5.74, 6) is -1.08. The molecule has 3 N–H and O–H groups in total. The van der Waals surface area contributed by atoms with Crippen molar-refractivity contribution in [2.75, 3.05) is 0 Å². The van der Waals surface area contributed by atoms with Crippen LogP contribution in [0.2, 0.25) is 0 Å². The number of amides is 2. The minimum atomic E-state index is -0.712. The van der Waals surface area contributed by atoms with Crippen molar-refractivity contribution in [3.8, 4) is 5.75 Å². The summed E-state index contributed by atoms with van der Waals surface area (Å²) < 4.78 is 4.88. The first-order valence-electron chi connectivity index (χ1n) is 6.73. The predicted octanol–water partition coefficient (Wildman–Crippen LogP) is 1.24. The SMILES string of the molecule is CC[C@@H](C)[C@@H](NC(=O)c1ccc(OC(C)=O)cc1)C(N)=O. The van der Waals surface area contributed by atoms with Crippen molar-refractivity contribution >= 4 is 17.8 Å². The Balaban J connectivity index is 2.78. The van der Waals surface area contributed by atoms with Crippen LogP contribution in [0.1, 0.15) is 37.6 Å². The maximum absolute atomic E-state index is 12.1. The van der Waals surface area contributed by atoms with Crippen molar-refractivity contribution in [2.45, 2.75) is 33.2 Å². The molecule has 0 aliphatic carbocycles. The molecular weight excluding hydrogens is 272 g/mol. The highest BCUT2D eigenvalue weighted by molar-refractivity contribution is 5.97. The number of nitrogens with two attached hydrogens (primary N) is 1. The van der Waals surface area contributed by atoms with Crippen LogP contribution in [0.3, 0.4) is 0 Å². The van der Waals surface area contributed by atoms with Gasteiger partial charge in [0.25, 0.3) is 5.91 Å². The average molecular weight is 292 g/mol. The largest absolute Gasteiger partial charge is 0.427 e. The fourth-order valence-electron chi connectivity index (χ4n) is 1.79. The third-order valence-corrected chi connectivity index (χ3v) is 3.18. The lowest BCUT2D eigenvalue weighted by Crippen LogP contribution is -2.48. The van der Waals surface area contributed by atoms with Gasteiger partial charge < -0.3 is 15.8 Å². The van der Waals surface area contributed by atoms with Crippen molar-refractivity contribution in [1.29, 1.82) is 0 Å². The Bertz CT molecular complexity index is 525. The first-order chi connectivity index (χ1) is 9.85. The third-order valence-electron chi connectivity index (χ3n) is 3.18. The number of nitrogens with one attached hydrogen (secondary N) is 1. The van der Waals surface area contributed by atoms with E-state index in [0.717, 1.165) is 6.42 Å². The van der Waals surface area contributed by atoms with Crippen molar-refractivity contribution < 1.29 is 19.1 Å². The van der Waals surface area contributed by atoms with Gasteiger partial charge in [-0.15, -0.1) is 0 Å². The molecule has 0 saturated carbocycles. The van der Waals surface area contributed by atoms with Crippen molar-refractivity contribution in [3.63, 3.8) is 0 Å². The van der Waals surface area contributed by atoms with Crippen LogP contribution in [-0.2, 0) is 9.59 Å². The number of primary amides is 1. The molecule has 0 aliphatic rings. The minimum Gasteiger partial charge on any atom is -0.427 e. The summed E-state index contributed by atoms with van der Waals surface area (Å²) >= 11 is 0. The highest BCUT2D eigenvalue weighted by atomic mass is 16.5. The predicted molar refractivity (Wildman–Crippen MR) is 77.7 cm³/mol. The molecule has 0 fully saturated rings. The van der Waals surface area contributed by atoms with E-state index in [1.165, 1.54) is 31.2 Å². The summed E-state index contributed by atoms with van der Waals surface area (Å²) in [6, 6.07) is 5.35. The van der Waals surface area contributed by atoms with E-state index in [2.05, 4.69) is 5.32 Å². The van der Waals surface area contributed by atoms with Crippen molar-refractivity contribution in [3.05, 3.63) is 29.8 Å². The van der Waals surface area contributed by atoms with Crippen LogP contribution in [0.4, 0.5) is 0 Å². The van der Waals surface area contributed by atoms with E-state index in [-0.39, 0.29) is 5.92 Å². The zero-order valence-electron chi connectivity index (χ0n) is 12.4. The van der Waals surface area contributed by atoms with Gasteiger partial charge in [0, 0.05) is 12.5 Å². The molecule has 2 amide bonds. The summed E-state index contributed by atoms with van der Waals surface area (Å²) in [5.41, 5.74) is 5.67. The first-order valence-corrected chi connectivity index (χ1v) is 6.73. The third kappa shape index (κ3) is 4.91. The van der Waals surface area contributed by atoms with Crippen LogP contribution >= 0.6 is 0 Å². The zero-order valence-corrected chi connectivity index (χ0v) is 12.4. The molecule has 0 radical (unpaired) electrons. The second kappa shape index (κ2) is 7.42. The smallest absolute Gasteiger partial charge is 0.308 e. The standard InChI is InChI=1S/C15H20N2O4/c1-4-9(2)13(14(16)19)17-15(20)11-5-7-12(8-6-11)21-10(3)18/h5-9,13H,4H2,1-3H3,(H2,16,19)(H,17,20)/t9-,13-/m1/s1. The molecule has 0 aromatic heterocycles. The van der Waals surface area contributed by atoms with Crippen LogP contribution in [0.5, 0.6) is 5.75 Å². The Hall–Kier alpha value is -2.37. The van der Waals surface area contributed by atoms with Gasteiger partial charge in [-0.25, -0.2) is 0 Å². The van der Waals surface area contributed by atoms with Gasteiger partial charge in [-0.3, -0.25) is 14.4 Å². The highest BCUT2D eigenvalue weighted by Crippen LogP contribution is 2.13. The first kappa shape index (κ1) is 16.7. The average Bonchev–Trinajstić information content (AvgIpc) is 2.43. The molecule has 6 heteroatoms. The summed E-state index contributed by atoms with van der Waals surface area (Å²) in [4.78, 5) is 34.3. The summed E-state index contributed by atoms with van der Waals surface area (Å²) in [6.45, 7) is 5.06. The second-order valence-electron chi connectivity index (χ2n) is 4.86. The summed E-state index contributed by atoms with van der Waals surface area (Å²) in [6.07, 6.45) is 0.722. The monoisotopic (exact) mass is 292 g/mol. The lowest BCUT2D eigenvalue weighted by molar-refractivity contribution is -0.131. The Labute approximate surface area is 123 Å². The fourth-order valence-corrected chi connectivity index (χ4v) is 1.79. The van der Waals surface area contributed by atoms with E-state index in [9.17, 15) is 14.4 Å². The Morgan fingerprint density at radius 2 is 1.81 bits per heavy atom. The quantitative estimate of drug-likeness (QED) is 0.608. The number of esters is 1. The van der Waals surface area contributed by atoms with Crippen molar-refractivity contribution in [2.24, 2.45) is 11.7 Å². The van der Waals surface area contributed by atoms with E-state index >= 15 is 0 Å². The van der Waals surface area contributed by atoms with E-state index in [0.29, 0.717) is 11.3 Å². The number of hydrogen-bond acceptors (Lipinski definition) is 4. The molecule has 0 aliphatic heterocycles. The number of ether oxygens (including phenoxy) is 1. The molecule has 0 heterocycles. The second-order valence-corrected chi connectivity index (χ2v) is 4.86. The minimum absolute atomic E-state index is 0.0493. The van der Waals surface area contributed by atoms with Crippen LogP contribution in [-0.4, -0.2) is 23.8 Å². The lowest BCUT2D eigenvalue weighted by atomic mass is 9.98. The molecular formula is C15H20N2O4. The number of benzene rings is 1. The van der Waals surface area contributed by atoms with Crippen LogP contribution in [0.15, 0.2) is 24.3 Å². The van der Waals surface area contributed by atoms with Gasteiger partial charge in [-0.1, -0.05) is 20.3 Å². The Morgan fingerprint density at radius 3 is 2.24 bits per heavy atom. The topological polar surface area (TPSA) is 98.5 Å². The van der Waals surface area contributed by atoms with Gasteiger partial charge >= 0.3 is 5.97 Å². The molecule has 6 nitrogen and oxygen atoms in total. The molecule has 1 aromatic rings. The maximum Gasteiger partial charge on any atom is 0.308 e. The molecule has 1 rings (SSSR count). The van der Waals surface area contributed by atoms with Gasteiger partial charge in [-0.2, -0.15) is 0 Å². The van der Waals surface area contributed by atoms with E-state index < -0.39 is 23.8 Å². The van der Waals surface area contributed by atoms with E-state index in [4.69, 9.17) is 10.5 Å². The molecule has 1 aromatic carbocycles. The van der Waals surface area contributed by atoms with Gasteiger partial charge in [0.1, 0.15) is 11.8 Å². The molecule has 0 spiro atoms. The van der Waals surface area contributed by atoms with Crippen LogP contribution in [0, 0.1) is 5.92 Å². The summed E-state index contributed by atoms with van der Waals surface area (Å²) in [5, 5.41) is 2.62. The van der Waals surface area contributed by atoms with E-state index in [1.807, 2.05) is 13.8 Å². The van der Waals surface area contributed by atoms with Crippen LogP contribution < -0.4 is 15.8 Å². The molecule has 0 saturated heterocycles. The molecule has 114 valence electrons. The van der Waals surface area contributed by atoms with Crippen molar-refractivity contribution in [1.82, 2.24) is 5.32 Å². The van der Waals surface area contributed by atoms with Gasteiger partial charge in [0.15, 0.2) is 0 Å². The Morgan fingerprint density at radius 1 is 1.24 bits per heavy atom. The molecule has 2 atom stereocenters.